The molecule has 0 aromatic heterocycles. The Morgan fingerprint density at radius 2 is 1.67 bits per heavy atom. The van der Waals surface area contributed by atoms with Gasteiger partial charge in [0.15, 0.2) is 0 Å². The van der Waals surface area contributed by atoms with Crippen LogP contribution in [0.3, 0.4) is 0 Å². The molecule has 1 aliphatic rings. The van der Waals surface area contributed by atoms with Gasteiger partial charge in [-0.05, 0) is 49.6 Å². The standard InChI is InChI=1S/C19H19FN2O2/c1-14-18(23)21(13-5-8-15-6-3-2-4-7-15)19(24)22(14)17-11-9-16(20)10-12-17/h2-4,6-7,9-12,14H,5,8,13H2,1H3. The van der Waals surface area contributed by atoms with Gasteiger partial charge >= 0.3 is 6.03 Å². The third kappa shape index (κ3) is 3.15. The lowest BCUT2D eigenvalue weighted by atomic mass is 10.1. The van der Waals surface area contributed by atoms with E-state index in [0.717, 1.165) is 6.42 Å². The number of amides is 3. The second-order valence-electron chi connectivity index (χ2n) is 5.88. The number of carbonyl (C=O) groups excluding carboxylic acids is 2. The lowest BCUT2D eigenvalue weighted by Crippen LogP contribution is -2.34. The van der Waals surface area contributed by atoms with E-state index in [4.69, 9.17) is 0 Å². The minimum atomic E-state index is -0.570. The largest absolute Gasteiger partial charge is 0.331 e. The Morgan fingerprint density at radius 1 is 1.00 bits per heavy atom. The van der Waals surface area contributed by atoms with Crippen LogP contribution in [0.1, 0.15) is 18.9 Å². The Labute approximate surface area is 140 Å². The van der Waals surface area contributed by atoms with Crippen molar-refractivity contribution in [2.24, 2.45) is 0 Å². The molecule has 1 aliphatic heterocycles. The van der Waals surface area contributed by atoms with Crippen molar-refractivity contribution in [3.8, 4) is 0 Å². The number of nitrogens with zero attached hydrogens (tertiary/aromatic N) is 2. The van der Waals surface area contributed by atoms with Crippen molar-refractivity contribution < 1.29 is 14.0 Å². The third-order valence-corrected chi connectivity index (χ3v) is 4.24. The summed E-state index contributed by atoms with van der Waals surface area (Å²) >= 11 is 0. The molecule has 0 spiro atoms. The van der Waals surface area contributed by atoms with Gasteiger partial charge in [0.1, 0.15) is 11.9 Å². The summed E-state index contributed by atoms with van der Waals surface area (Å²) in [5, 5.41) is 0. The first-order valence-corrected chi connectivity index (χ1v) is 8.02. The van der Waals surface area contributed by atoms with Crippen LogP contribution >= 0.6 is 0 Å². The number of anilines is 1. The van der Waals surface area contributed by atoms with Gasteiger partial charge in [-0.15, -0.1) is 0 Å². The van der Waals surface area contributed by atoms with Crippen LogP contribution in [0.25, 0.3) is 0 Å². The number of imide groups is 1. The molecule has 0 radical (unpaired) electrons. The first-order chi connectivity index (χ1) is 11.6. The number of halogens is 1. The summed E-state index contributed by atoms with van der Waals surface area (Å²) in [6.45, 7) is 2.08. The Kier molecular flexibility index (Phi) is 4.60. The van der Waals surface area contributed by atoms with Gasteiger partial charge in [0.05, 0.1) is 0 Å². The van der Waals surface area contributed by atoms with Gasteiger partial charge in [0.2, 0.25) is 0 Å². The Hall–Kier alpha value is -2.69. The first-order valence-electron chi connectivity index (χ1n) is 8.02. The molecule has 1 fully saturated rings. The second kappa shape index (κ2) is 6.83. The van der Waals surface area contributed by atoms with Crippen LogP contribution in [0.4, 0.5) is 14.9 Å². The summed E-state index contributed by atoms with van der Waals surface area (Å²) in [5.74, 6) is -0.582. The van der Waals surface area contributed by atoms with Gasteiger partial charge in [0, 0.05) is 12.2 Å². The van der Waals surface area contributed by atoms with Crippen LogP contribution in [-0.4, -0.2) is 29.4 Å². The van der Waals surface area contributed by atoms with Crippen molar-refractivity contribution in [2.45, 2.75) is 25.8 Å². The minimum absolute atomic E-state index is 0.211. The van der Waals surface area contributed by atoms with E-state index in [2.05, 4.69) is 0 Å². The molecule has 5 heteroatoms. The number of benzene rings is 2. The number of urea groups is 1. The Balaban J connectivity index is 1.67. The zero-order valence-corrected chi connectivity index (χ0v) is 13.5. The van der Waals surface area contributed by atoms with E-state index < -0.39 is 6.04 Å². The molecular weight excluding hydrogens is 307 g/mol. The van der Waals surface area contributed by atoms with Crippen molar-refractivity contribution in [2.75, 3.05) is 11.4 Å². The van der Waals surface area contributed by atoms with Crippen LogP contribution in [0.15, 0.2) is 54.6 Å². The maximum absolute atomic E-state index is 13.1. The van der Waals surface area contributed by atoms with Gasteiger partial charge in [-0.3, -0.25) is 14.6 Å². The Bertz CT molecular complexity index is 731. The molecule has 24 heavy (non-hydrogen) atoms. The molecule has 0 aliphatic carbocycles. The first kappa shape index (κ1) is 16.2. The van der Waals surface area contributed by atoms with Crippen molar-refractivity contribution in [1.29, 1.82) is 0 Å². The fourth-order valence-electron chi connectivity index (χ4n) is 2.95. The highest BCUT2D eigenvalue weighted by Gasteiger charge is 2.42. The normalized spacial score (nSPS) is 17.7. The van der Waals surface area contributed by atoms with Crippen LogP contribution in [-0.2, 0) is 11.2 Å². The number of rotatable bonds is 5. The SMILES string of the molecule is CC1C(=O)N(CCCc2ccccc2)C(=O)N1c1ccc(F)cc1. The molecule has 1 saturated heterocycles. The molecule has 4 nitrogen and oxygen atoms in total. The number of aryl methyl sites for hydroxylation is 1. The smallest absolute Gasteiger partial charge is 0.282 e. The van der Waals surface area contributed by atoms with Crippen LogP contribution in [0, 0.1) is 5.82 Å². The predicted octanol–water partition coefficient (Wildman–Crippen LogP) is 3.62. The molecular formula is C19H19FN2O2. The maximum Gasteiger partial charge on any atom is 0.331 e. The molecule has 3 rings (SSSR count). The molecule has 2 aromatic carbocycles. The van der Waals surface area contributed by atoms with Gasteiger partial charge in [-0.25, -0.2) is 9.18 Å². The van der Waals surface area contributed by atoms with Crippen LogP contribution < -0.4 is 4.90 Å². The molecule has 1 atom stereocenters. The average Bonchev–Trinajstić information content (AvgIpc) is 2.80. The van der Waals surface area contributed by atoms with Gasteiger partial charge in [0.25, 0.3) is 5.91 Å². The topological polar surface area (TPSA) is 40.6 Å². The highest BCUT2D eigenvalue weighted by Crippen LogP contribution is 2.26. The van der Waals surface area contributed by atoms with Crippen molar-refractivity contribution in [3.63, 3.8) is 0 Å². The van der Waals surface area contributed by atoms with E-state index in [1.165, 1.54) is 39.6 Å². The number of carbonyl (C=O) groups is 2. The molecule has 2 aromatic rings. The van der Waals surface area contributed by atoms with E-state index in [0.29, 0.717) is 18.7 Å². The van der Waals surface area contributed by atoms with Gasteiger partial charge in [-0.2, -0.15) is 0 Å². The molecule has 124 valence electrons. The minimum Gasteiger partial charge on any atom is -0.282 e. The zero-order valence-electron chi connectivity index (χ0n) is 13.5. The van der Waals surface area contributed by atoms with Crippen molar-refractivity contribution in [3.05, 3.63) is 66.0 Å². The lowest BCUT2D eigenvalue weighted by molar-refractivity contribution is -0.126. The molecule has 0 saturated carbocycles. The molecule has 0 N–H and O–H groups in total. The molecule has 0 bridgehead atoms. The van der Waals surface area contributed by atoms with E-state index in [1.807, 2.05) is 30.3 Å². The van der Waals surface area contributed by atoms with Crippen LogP contribution in [0.5, 0.6) is 0 Å². The maximum atomic E-state index is 13.1. The third-order valence-electron chi connectivity index (χ3n) is 4.24. The molecule has 1 unspecified atom stereocenters. The lowest BCUT2D eigenvalue weighted by Gasteiger charge is -2.19. The quantitative estimate of drug-likeness (QED) is 0.788. The second-order valence-corrected chi connectivity index (χ2v) is 5.88. The molecule has 3 amide bonds. The number of hydrogen-bond donors (Lipinski definition) is 0. The van der Waals surface area contributed by atoms with Crippen molar-refractivity contribution >= 4 is 17.6 Å². The van der Waals surface area contributed by atoms with E-state index in [1.54, 1.807) is 6.92 Å². The Morgan fingerprint density at radius 3 is 2.33 bits per heavy atom. The van der Waals surface area contributed by atoms with Crippen LogP contribution in [0.2, 0.25) is 0 Å². The highest BCUT2D eigenvalue weighted by molar-refractivity contribution is 6.14. The predicted molar refractivity (Wildman–Crippen MR) is 90.2 cm³/mol. The molecule has 1 heterocycles. The summed E-state index contributed by atoms with van der Waals surface area (Å²) in [6.07, 6.45) is 1.52. The highest BCUT2D eigenvalue weighted by atomic mass is 19.1. The van der Waals surface area contributed by atoms with Gasteiger partial charge in [-0.1, -0.05) is 30.3 Å². The zero-order chi connectivity index (χ0) is 17.1. The van der Waals surface area contributed by atoms with E-state index in [-0.39, 0.29) is 17.8 Å². The van der Waals surface area contributed by atoms with E-state index >= 15 is 0 Å². The van der Waals surface area contributed by atoms with Crippen molar-refractivity contribution in [1.82, 2.24) is 4.90 Å². The average molecular weight is 326 g/mol. The summed E-state index contributed by atoms with van der Waals surface area (Å²) in [4.78, 5) is 27.7. The fraction of sp³-hybridized carbons (Fsp3) is 0.263. The summed E-state index contributed by atoms with van der Waals surface area (Å²) in [6, 6.07) is 14.7. The van der Waals surface area contributed by atoms with Gasteiger partial charge < -0.3 is 0 Å². The fourth-order valence-corrected chi connectivity index (χ4v) is 2.95. The van der Waals surface area contributed by atoms with E-state index in [9.17, 15) is 14.0 Å². The number of hydrogen-bond acceptors (Lipinski definition) is 2. The summed E-state index contributed by atoms with van der Waals surface area (Å²) in [5.41, 5.74) is 1.72. The summed E-state index contributed by atoms with van der Waals surface area (Å²) < 4.78 is 13.1. The monoisotopic (exact) mass is 326 g/mol. The summed E-state index contributed by atoms with van der Waals surface area (Å²) in [7, 11) is 0.